The Bertz CT molecular complexity index is 706. The third kappa shape index (κ3) is 7.43. The largest absolute Gasteiger partial charge is 0.490 e. The van der Waals surface area contributed by atoms with Crippen LogP contribution in [0, 0.1) is 5.92 Å². The third-order valence-electron chi connectivity index (χ3n) is 4.65. The summed E-state index contributed by atoms with van der Waals surface area (Å²) in [6.45, 7) is 11.9. The highest BCUT2D eigenvalue weighted by Crippen LogP contribution is 2.31. The van der Waals surface area contributed by atoms with Crippen molar-refractivity contribution >= 4 is 17.7 Å². The van der Waals surface area contributed by atoms with Gasteiger partial charge in [-0.15, -0.1) is 0 Å². The van der Waals surface area contributed by atoms with Crippen LogP contribution >= 0.6 is 0 Å². The number of carbonyl (C=O) groups is 2. The Balaban J connectivity index is 1.93. The third-order valence-corrected chi connectivity index (χ3v) is 4.65. The van der Waals surface area contributed by atoms with Crippen molar-refractivity contribution in [1.82, 2.24) is 4.90 Å². The fourth-order valence-electron chi connectivity index (χ4n) is 3.14. The first kappa shape index (κ1) is 23.8. The Kier molecular flexibility index (Phi) is 8.81. The highest BCUT2D eigenvalue weighted by atomic mass is 16.6. The van der Waals surface area contributed by atoms with Crippen LogP contribution in [-0.2, 0) is 9.53 Å². The van der Waals surface area contributed by atoms with Gasteiger partial charge in [0, 0.05) is 30.8 Å². The van der Waals surface area contributed by atoms with Crippen molar-refractivity contribution in [3.8, 4) is 11.5 Å². The minimum Gasteiger partial charge on any atom is -0.490 e. The van der Waals surface area contributed by atoms with Gasteiger partial charge in [0.05, 0.1) is 13.2 Å². The molecule has 1 aromatic rings. The predicted molar refractivity (Wildman–Crippen MR) is 117 cm³/mol. The van der Waals surface area contributed by atoms with E-state index in [1.54, 1.807) is 4.90 Å². The number of amides is 2. The van der Waals surface area contributed by atoms with Gasteiger partial charge in [-0.2, -0.15) is 0 Å². The smallest absolute Gasteiger partial charge is 0.410 e. The SMILES string of the molecule is CCCOc1ccc(NC(=O)C2CCN(C(=O)OC(C)(C)C)CC2)cc1OCCC. The van der Waals surface area contributed by atoms with E-state index in [-0.39, 0.29) is 17.9 Å². The van der Waals surface area contributed by atoms with Gasteiger partial charge in [0.25, 0.3) is 0 Å². The van der Waals surface area contributed by atoms with Crippen LogP contribution in [0.3, 0.4) is 0 Å². The molecular weight excluding hydrogens is 384 g/mol. The van der Waals surface area contributed by atoms with Gasteiger partial charge in [-0.25, -0.2) is 4.79 Å². The molecule has 30 heavy (non-hydrogen) atoms. The van der Waals surface area contributed by atoms with Gasteiger partial charge < -0.3 is 24.4 Å². The number of likely N-dealkylation sites (tertiary alicyclic amines) is 1. The molecule has 2 rings (SSSR count). The molecule has 0 unspecified atom stereocenters. The molecule has 0 aliphatic carbocycles. The fraction of sp³-hybridized carbons (Fsp3) is 0.652. The lowest BCUT2D eigenvalue weighted by atomic mass is 9.96. The Morgan fingerprint density at radius 2 is 1.63 bits per heavy atom. The summed E-state index contributed by atoms with van der Waals surface area (Å²) in [5.41, 5.74) is 0.167. The molecule has 0 radical (unpaired) electrons. The normalized spacial score (nSPS) is 14.9. The highest BCUT2D eigenvalue weighted by Gasteiger charge is 2.30. The van der Waals surface area contributed by atoms with E-state index in [0.29, 0.717) is 56.3 Å². The van der Waals surface area contributed by atoms with Gasteiger partial charge >= 0.3 is 6.09 Å². The summed E-state index contributed by atoms with van der Waals surface area (Å²) in [5.74, 6) is 1.15. The summed E-state index contributed by atoms with van der Waals surface area (Å²) >= 11 is 0. The Hall–Kier alpha value is -2.44. The van der Waals surface area contributed by atoms with E-state index in [9.17, 15) is 9.59 Å². The van der Waals surface area contributed by atoms with Crippen molar-refractivity contribution in [3.63, 3.8) is 0 Å². The summed E-state index contributed by atoms with van der Waals surface area (Å²) < 4.78 is 17.0. The zero-order valence-electron chi connectivity index (χ0n) is 19.0. The van der Waals surface area contributed by atoms with E-state index >= 15 is 0 Å². The number of benzene rings is 1. The molecule has 1 N–H and O–H groups in total. The summed E-state index contributed by atoms with van der Waals surface area (Å²) in [6, 6.07) is 5.48. The van der Waals surface area contributed by atoms with Crippen LogP contribution in [0.15, 0.2) is 18.2 Å². The summed E-state index contributed by atoms with van der Waals surface area (Å²) in [5, 5.41) is 2.98. The Morgan fingerprint density at radius 1 is 1.03 bits per heavy atom. The van der Waals surface area contributed by atoms with Gasteiger partial charge in [0.2, 0.25) is 5.91 Å². The van der Waals surface area contributed by atoms with Crippen molar-refractivity contribution in [3.05, 3.63) is 18.2 Å². The number of nitrogens with one attached hydrogen (secondary N) is 1. The molecular formula is C23H36N2O5. The maximum absolute atomic E-state index is 12.7. The number of ether oxygens (including phenoxy) is 3. The van der Waals surface area contributed by atoms with Crippen LogP contribution in [0.2, 0.25) is 0 Å². The summed E-state index contributed by atoms with van der Waals surface area (Å²) in [4.78, 5) is 26.6. The molecule has 1 saturated heterocycles. The first-order valence-corrected chi connectivity index (χ1v) is 10.9. The van der Waals surface area contributed by atoms with Crippen LogP contribution in [0.5, 0.6) is 11.5 Å². The second kappa shape index (κ2) is 11.1. The molecule has 1 fully saturated rings. The fourth-order valence-corrected chi connectivity index (χ4v) is 3.14. The molecule has 1 aliphatic heterocycles. The van der Waals surface area contributed by atoms with E-state index in [1.807, 2.05) is 45.9 Å². The summed E-state index contributed by atoms with van der Waals surface area (Å²) in [7, 11) is 0. The predicted octanol–water partition coefficient (Wildman–Crippen LogP) is 4.85. The molecule has 0 bridgehead atoms. The van der Waals surface area contributed by atoms with Crippen LogP contribution in [-0.4, -0.2) is 48.8 Å². The lowest BCUT2D eigenvalue weighted by Gasteiger charge is -2.32. The topological polar surface area (TPSA) is 77.1 Å². The van der Waals surface area contributed by atoms with Gasteiger partial charge in [-0.05, 0) is 58.6 Å². The van der Waals surface area contributed by atoms with Crippen molar-refractivity contribution < 1.29 is 23.8 Å². The molecule has 7 heteroatoms. The molecule has 2 amide bonds. The summed E-state index contributed by atoms with van der Waals surface area (Å²) in [6.07, 6.45) is 2.71. The quantitative estimate of drug-likeness (QED) is 0.650. The minimum absolute atomic E-state index is 0.0393. The molecule has 0 aromatic heterocycles. The number of hydrogen-bond donors (Lipinski definition) is 1. The molecule has 7 nitrogen and oxygen atoms in total. The van der Waals surface area contributed by atoms with Crippen LogP contribution in [0.4, 0.5) is 10.5 Å². The van der Waals surface area contributed by atoms with Crippen molar-refractivity contribution in [2.45, 2.75) is 65.9 Å². The van der Waals surface area contributed by atoms with E-state index in [1.165, 1.54) is 0 Å². The molecule has 168 valence electrons. The first-order valence-electron chi connectivity index (χ1n) is 10.9. The number of anilines is 1. The van der Waals surface area contributed by atoms with E-state index in [0.717, 1.165) is 12.8 Å². The highest BCUT2D eigenvalue weighted by molar-refractivity contribution is 5.93. The molecule has 0 saturated carbocycles. The van der Waals surface area contributed by atoms with Gasteiger partial charge in [0.15, 0.2) is 11.5 Å². The molecule has 0 atom stereocenters. The van der Waals surface area contributed by atoms with Crippen molar-refractivity contribution in [1.29, 1.82) is 0 Å². The maximum atomic E-state index is 12.7. The van der Waals surface area contributed by atoms with Crippen molar-refractivity contribution in [2.24, 2.45) is 5.92 Å². The zero-order chi connectivity index (χ0) is 22.1. The number of carbonyl (C=O) groups excluding carboxylic acids is 2. The molecule has 1 heterocycles. The molecule has 0 spiro atoms. The first-order chi connectivity index (χ1) is 14.2. The van der Waals surface area contributed by atoms with Gasteiger partial charge in [-0.3, -0.25) is 4.79 Å². The van der Waals surface area contributed by atoms with E-state index in [4.69, 9.17) is 14.2 Å². The van der Waals surface area contributed by atoms with Crippen LogP contribution in [0.25, 0.3) is 0 Å². The van der Waals surface area contributed by atoms with E-state index < -0.39 is 5.60 Å². The lowest BCUT2D eigenvalue weighted by molar-refractivity contribution is -0.121. The standard InChI is InChI=1S/C23H36N2O5/c1-6-14-28-19-9-8-18(16-20(19)29-15-7-2)24-21(26)17-10-12-25(13-11-17)22(27)30-23(3,4)5/h8-9,16-17H,6-7,10-15H2,1-5H3,(H,24,26). The number of nitrogens with zero attached hydrogens (tertiary/aromatic N) is 1. The lowest BCUT2D eigenvalue weighted by Crippen LogP contribution is -2.43. The molecule has 1 aromatic carbocycles. The second-order valence-corrected chi connectivity index (χ2v) is 8.59. The average Bonchev–Trinajstić information content (AvgIpc) is 2.70. The number of piperidine rings is 1. The minimum atomic E-state index is -0.518. The number of rotatable bonds is 8. The van der Waals surface area contributed by atoms with Gasteiger partial charge in [0.1, 0.15) is 5.60 Å². The van der Waals surface area contributed by atoms with E-state index in [2.05, 4.69) is 12.2 Å². The molecule has 1 aliphatic rings. The van der Waals surface area contributed by atoms with Gasteiger partial charge in [-0.1, -0.05) is 13.8 Å². The zero-order valence-corrected chi connectivity index (χ0v) is 19.0. The Labute approximate surface area is 180 Å². The number of hydrogen-bond acceptors (Lipinski definition) is 5. The Morgan fingerprint density at radius 3 is 2.20 bits per heavy atom. The van der Waals surface area contributed by atoms with Crippen molar-refractivity contribution in [2.75, 3.05) is 31.6 Å². The maximum Gasteiger partial charge on any atom is 0.410 e. The van der Waals surface area contributed by atoms with Crippen LogP contribution < -0.4 is 14.8 Å². The monoisotopic (exact) mass is 420 g/mol. The van der Waals surface area contributed by atoms with Crippen LogP contribution in [0.1, 0.15) is 60.3 Å². The second-order valence-electron chi connectivity index (χ2n) is 8.59. The average molecular weight is 421 g/mol.